The Bertz CT molecular complexity index is 456. The molecule has 0 aromatic heterocycles. The van der Waals surface area contributed by atoms with Crippen molar-refractivity contribution < 1.29 is 18.6 Å². The van der Waals surface area contributed by atoms with Gasteiger partial charge in [-0.15, -0.1) is 0 Å². The van der Waals surface area contributed by atoms with Crippen molar-refractivity contribution in [2.24, 2.45) is 0 Å². The molecule has 0 spiro atoms. The maximum Gasteiger partial charge on any atom is 0.123 e. The van der Waals surface area contributed by atoms with Crippen LogP contribution < -0.4 is 10.1 Å². The Hall–Kier alpha value is -1.17. The van der Waals surface area contributed by atoms with E-state index < -0.39 is 0 Å². The van der Waals surface area contributed by atoms with Crippen LogP contribution in [0.3, 0.4) is 0 Å². The van der Waals surface area contributed by atoms with Crippen LogP contribution in [0.5, 0.6) is 5.75 Å². The van der Waals surface area contributed by atoms with Gasteiger partial charge >= 0.3 is 0 Å². The average Bonchev–Trinajstić information content (AvgIpc) is 2.39. The molecule has 1 N–H and O–H groups in total. The Morgan fingerprint density at radius 3 is 2.79 bits per heavy atom. The summed E-state index contributed by atoms with van der Waals surface area (Å²) in [5, 5.41) is 3.45. The first-order valence-electron chi connectivity index (χ1n) is 6.49. The minimum absolute atomic E-state index is 0.130. The van der Waals surface area contributed by atoms with Crippen molar-refractivity contribution in [3.8, 4) is 5.75 Å². The van der Waals surface area contributed by atoms with E-state index in [4.69, 9.17) is 14.2 Å². The smallest absolute Gasteiger partial charge is 0.123 e. The molecule has 104 valence electrons. The SMILES string of the molecule is COc1ccc(F)cc1C1(C2COCCN2)COC1. The van der Waals surface area contributed by atoms with E-state index in [2.05, 4.69) is 5.32 Å². The largest absolute Gasteiger partial charge is 0.496 e. The third-order valence-corrected chi connectivity index (χ3v) is 4.01. The molecule has 2 fully saturated rings. The van der Waals surface area contributed by atoms with E-state index in [0.29, 0.717) is 32.2 Å². The second kappa shape index (κ2) is 5.07. The van der Waals surface area contributed by atoms with Gasteiger partial charge in [0, 0.05) is 18.2 Å². The number of ether oxygens (including phenoxy) is 3. The molecule has 0 saturated carbocycles. The van der Waals surface area contributed by atoms with Gasteiger partial charge in [-0.3, -0.25) is 0 Å². The predicted molar refractivity (Wildman–Crippen MR) is 68.1 cm³/mol. The molecule has 2 aliphatic heterocycles. The summed E-state index contributed by atoms with van der Waals surface area (Å²) in [5.41, 5.74) is 0.609. The molecular formula is C14H18FNO3. The Labute approximate surface area is 111 Å². The van der Waals surface area contributed by atoms with Crippen LogP contribution in [0.4, 0.5) is 4.39 Å². The minimum Gasteiger partial charge on any atom is -0.496 e. The fraction of sp³-hybridized carbons (Fsp3) is 0.571. The van der Waals surface area contributed by atoms with Gasteiger partial charge in [0.05, 0.1) is 39.0 Å². The lowest BCUT2D eigenvalue weighted by Gasteiger charge is -2.49. The van der Waals surface area contributed by atoms with Crippen molar-refractivity contribution in [2.75, 3.05) is 40.1 Å². The van der Waals surface area contributed by atoms with Crippen molar-refractivity contribution in [1.29, 1.82) is 0 Å². The van der Waals surface area contributed by atoms with Crippen LogP contribution in [0.25, 0.3) is 0 Å². The van der Waals surface area contributed by atoms with Crippen molar-refractivity contribution >= 4 is 0 Å². The summed E-state index contributed by atoms with van der Waals surface area (Å²) in [5.74, 6) is 0.455. The Morgan fingerprint density at radius 2 is 2.21 bits per heavy atom. The third kappa shape index (κ3) is 2.12. The topological polar surface area (TPSA) is 39.7 Å². The molecule has 2 aliphatic rings. The summed E-state index contributed by atoms with van der Waals surface area (Å²) in [6.45, 7) is 3.27. The summed E-state index contributed by atoms with van der Waals surface area (Å²) in [6, 6.07) is 4.78. The predicted octanol–water partition coefficient (Wildman–Crippen LogP) is 1.09. The van der Waals surface area contributed by atoms with Gasteiger partial charge in [0.15, 0.2) is 0 Å². The molecule has 1 unspecified atom stereocenters. The van der Waals surface area contributed by atoms with Gasteiger partial charge in [0.25, 0.3) is 0 Å². The normalized spacial score (nSPS) is 25.7. The quantitative estimate of drug-likeness (QED) is 0.890. The van der Waals surface area contributed by atoms with E-state index in [9.17, 15) is 4.39 Å². The number of rotatable bonds is 3. The molecule has 2 heterocycles. The molecule has 0 radical (unpaired) electrons. The fourth-order valence-electron chi connectivity index (χ4n) is 2.86. The van der Waals surface area contributed by atoms with Crippen LogP contribution in [-0.2, 0) is 14.9 Å². The summed E-state index contributed by atoms with van der Waals surface area (Å²) < 4.78 is 29.9. The second-order valence-corrected chi connectivity index (χ2v) is 5.08. The lowest BCUT2D eigenvalue weighted by molar-refractivity contribution is -0.101. The van der Waals surface area contributed by atoms with E-state index in [1.165, 1.54) is 6.07 Å². The molecule has 0 amide bonds. The minimum atomic E-state index is -0.256. The van der Waals surface area contributed by atoms with Gasteiger partial charge in [-0.25, -0.2) is 4.39 Å². The van der Waals surface area contributed by atoms with Gasteiger partial charge in [-0.05, 0) is 18.2 Å². The lowest BCUT2D eigenvalue weighted by atomic mass is 9.72. The number of hydrogen-bond acceptors (Lipinski definition) is 4. The lowest BCUT2D eigenvalue weighted by Crippen LogP contribution is -2.64. The number of hydrogen-bond donors (Lipinski definition) is 1. The average molecular weight is 267 g/mol. The number of halogens is 1. The molecule has 4 nitrogen and oxygen atoms in total. The van der Waals surface area contributed by atoms with Crippen LogP contribution in [0.15, 0.2) is 18.2 Å². The molecule has 1 aromatic rings. The first-order chi connectivity index (χ1) is 9.26. The summed E-state index contributed by atoms with van der Waals surface area (Å²) in [7, 11) is 1.61. The first-order valence-corrected chi connectivity index (χ1v) is 6.49. The highest BCUT2D eigenvalue weighted by Crippen LogP contribution is 2.41. The van der Waals surface area contributed by atoms with E-state index in [1.807, 2.05) is 0 Å². The van der Waals surface area contributed by atoms with Gasteiger partial charge in [-0.1, -0.05) is 0 Å². The van der Waals surface area contributed by atoms with Crippen molar-refractivity contribution in [3.63, 3.8) is 0 Å². The van der Waals surface area contributed by atoms with E-state index in [0.717, 1.165) is 12.1 Å². The van der Waals surface area contributed by atoms with Crippen molar-refractivity contribution in [3.05, 3.63) is 29.6 Å². The van der Waals surface area contributed by atoms with Gasteiger partial charge in [0.1, 0.15) is 11.6 Å². The fourth-order valence-corrected chi connectivity index (χ4v) is 2.86. The molecule has 2 saturated heterocycles. The monoisotopic (exact) mass is 267 g/mol. The Balaban J connectivity index is 1.99. The maximum absolute atomic E-state index is 13.6. The number of methoxy groups -OCH3 is 1. The molecule has 0 aliphatic carbocycles. The Kier molecular flexibility index (Phi) is 3.43. The highest BCUT2D eigenvalue weighted by Gasteiger charge is 2.49. The molecule has 1 aromatic carbocycles. The zero-order chi connectivity index (χ0) is 13.3. The van der Waals surface area contributed by atoms with Gasteiger partial charge < -0.3 is 19.5 Å². The molecule has 5 heteroatoms. The van der Waals surface area contributed by atoms with Crippen LogP contribution in [0.1, 0.15) is 5.56 Å². The highest BCUT2D eigenvalue weighted by atomic mass is 19.1. The molecule has 19 heavy (non-hydrogen) atoms. The Morgan fingerprint density at radius 1 is 1.37 bits per heavy atom. The summed E-state index contributed by atoms with van der Waals surface area (Å²) >= 11 is 0. The van der Waals surface area contributed by atoms with E-state index in [1.54, 1.807) is 19.2 Å². The zero-order valence-corrected chi connectivity index (χ0v) is 10.9. The van der Waals surface area contributed by atoms with Gasteiger partial charge in [0.2, 0.25) is 0 Å². The molecule has 1 atom stereocenters. The number of benzene rings is 1. The van der Waals surface area contributed by atoms with E-state index in [-0.39, 0.29) is 17.3 Å². The van der Waals surface area contributed by atoms with Crippen molar-refractivity contribution in [2.45, 2.75) is 11.5 Å². The van der Waals surface area contributed by atoms with Gasteiger partial charge in [-0.2, -0.15) is 0 Å². The number of nitrogens with one attached hydrogen (secondary N) is 1. The molecule has 3 rings (SSSR count). The first kappa shape index (κ1) is 12.8. The van der Waals surface area contributed by atoms with Crippen LogP contribution in [0.2, 0.25) is 0 Å². The number of morpholine rings is 1. The molecular weight excluding hydrogens is 249 g/mol. The highest BCUT2D eigenvalue weighted by molar-refractivity contribution is 5.43. The van der Waals surface area contributed by atoms with Crippen molar-refractivity contribution in [1.82, 2.24) is 5.32 Å². The van der Waals surface area contributed by atoms with Crippen LogP contribution >= 0.6 is 0 Å². The van der Waals surface area contributed by atoms with E-state index >= 15 is 0 Å². The third-order valence-electron chi connectivity index (χ3n) is 4.01. The summed E-state index contributed by atoms with van der Waals surface area (Å²) in [4.78, 5) is 0. The molecule has 0 bridgehead atoms. The summed E-state index contributed by atoms with van der Waals surface area (Å²) in [6.07, 6.45) is 0. The van der Waals surface area contributed by atoms with Crippen LogP contribution in [0, 0.1) is 5.82 Å². The van der Waals surface area contributed by atoms with Crippen LogP contribution in [-0.4, -0.2) is 46.1 Å². The second-order valence-electron chi connectivity index (χ2n) is 5.08. The zero-order valence-electron chi connectivity index (χ0n) is 10.9. The standard InChI is InChI=1S/C14H18FNO3/c1-17-12-3-2-10(15)6-11(12)14(8-19-9-14)13-7-18-5-4-16-13/h2-3,6,13,16H,4-5,7-9H2,1H3. The maximum atomic E-state index is 13.6.